The van der Waals surface area contributed by atoms with Gasteiger partial charge in [-0.05, 0) is 25.0 Å². The third-order valence-electron chi connectivity index (χ3n) is 4.93. The van der Waals surface area contributed by atoms with Gasteiger partial charge in [-0.3, -0.25) is 0 Å². The molecule has 28 heavy (non-hydrogen) atoms. The molecular formula is C21H22N4O3. The summed E-state index contributed by atoms with van der Waals surface area (Å²) in [5.74, 6) is 2.13. The Kier molecular flexibility index (Phi) is 5.23. The van der Waals surface area contributed by atoms with E-state index >= 15 is 0 Å². The van der Waals surface area contributed by atoms with Crippen LogP contribution in [0.15, 0.2) is 59.1 Å². The number of anilines is 1. The molecule has 1 aliphatic rings. The first kappa shape index (κ1) is 18.0. The molecule has 4 rings (SSSR count). The lowest BCUT2D eigenvalue weighted by Gasteiger charge is -2.30. The number of hydrogen-bond donors (Lipinski definition) is 1. The number of carbonyl (C=O) groups is 1. The fourth-order valence-corrected chi connectivity index (χ4v) is 3.34. The van der Waals surface area contributed by atoms with E-state index in [0.29, 0.717) is 30.6 Å². The smallest absolute Gasteiger partial charge is 0.321 e. The fraction of sp³-hybridized carbons (Fsp3) is 0.286. The van der Waals surface area contributed by atoms with Gasteiger partial charge in [-0.1, -0.05) is 41.6 Å². The summed E-state index contributed by atoms with van der Waals surface area (Å²) in [5.41, 5.74) is 1.66. The minimum atomic E-state index is -0.109. The van der Waals surface area contributed by atoms with E-state index in [2.05, 4.69) is 15.5 Å². The van der Waals surface area contributed by atoms with Crippen molar-refractivity contribution >= 4 is 11.7 Å². The maximum atomic E-state index is 12.5. The number of benzene rings is 2. The summed E-state index contributed by atoms with van der Waals surface area (Å²) in [6.07, 6.45) is 1.59. The Hall–Kier alpha value is -3.35. The molecule has 1 saturated heterocycles. The molecule has 1 fully saturated rings. The van der Waals surface area contributed by atoms with E-state index < -0.39 is 0 Å². The first-order valence-electron chi connectivity index (χ1n) is 9.32. The van der Waals surface area contributed by atoms with E-state index in [-0.39, 0.29) is 11.9 Å². The molecule has 144 valence electrons. The van der Waals surface area contributed by atoms with E-state index in [1.165, 1.54) is 0 Å². The summed E-state index contributed by atoms with van der Waals surface area (Å²) in [5, 5.41) is 7.02. The van der Waals surface area contributed by atoms with Crippen LogP contribution in [-0.4, -0.2) is 41.3 Å². The lowest BCUT2D eigenvalue weighted by molar-refractivity contribution is 0.187. The standard InChI is InChI=1S/C21H22N4O3/c1-27-18-9-5-8-17(14-18)22-21(26)25-12-10-16(11-13-25)20-23-19(24-28-20)15-6-3-2-4-7-15/h2-9,14,16H,10-13H2,1H3,(H,22,26). The summed E-state index contributed by atoms with van der Waals surface area (Å²) in [6, 6.07) is 17.0. The number of piperidine rings is 1. The van der Waals surface area contributed by atoms with E-state index in [1.54, 1.807) is 13.2 Å². The van der Waals surface area contributed by atoms with Gasteiger partial charge in [-0.15, -0.1) is 0 Å². The summed E-state index contributed by atoms with van der Waals surface area (Å²) >= 11 is 0. The number of nitrogens with one attached hydrogen (secondary N) is 1. The predicted octanol–water partition coefficient (Wildman–Crippen LogP) is 4.16. The predicted molar refractivity (Wildman–Crippen MR) is 105 cm³/mol. The maximum Gasteiger partial charge on any atom is 0.321 e. The second kappa shape index (κ2) is 8.12. The second-order valence-corrected chi connectivity index (χ2v) is 6.75. The van der Waals surface area contributed by atoms with Gasteiger partial charge < -0.3 is 19.5 Å². The number of rotatable bonds is 4. The molecular weight excluding hydrogens is 356 g/mol. The SMILES string of the molecule is COc1cccc(NC(=O)N2CCC(c3nc(-c4ccccc4)no3)CC2)c1. The zero-order valence-electron chi connectivity index (χ0n) is 15.7. The molecule has 1 aromatic heterocycles. The van der Waals surface area contributed by atoms with Crippen molar-refractivity contribution in [2.45, 2.75) is 18.8 Å². The lowest BCUT2D eigenvalue weighted by Crippen LogP contribution is -2.40. The number of urea groups is 1. The summed E-state index contributed by atoms with van der Waals surface area (Å²) in [6.45, 7) is 1.28. The number of methoxy groups -OCH3 is 1. The molecule has 1 N–H and O–H groups in total. The van der Waals surface area contributed by atoms with Crippen LogP contribution in [0.5, 0.6) is 5.75 Å². The zero-order chi connectivity index (χ0) is 19.3. The van der Waals surface area contributed by atoms with Crippen molar-refractivity contribution in [1.82, 2.24) is 15.0 Å². The zero-order valence-corrected chi connectivity index (χ0v) is 15.7. The summed E-state index contributed by atoms with van der Waals surface area (Å²) < 4.78 is 10.7. The van der Waals surface area contributed by atoms with E-state index in [4.69, 9.17) is 9.26 Å². The highest BCUT2D eigenvalue weighted by atomic mass is 16.5. The molecule has 2 amide bonds. The summed E-state index contributed by atoms with van der Waals surface area (Å²) in [7, 11) is 1.60. The van der Waals surface area contributed by atoms with E-state index in [1.807, 2.05) is 53.4 Å². The van der Waals surface area contributed by atoms with Crippen LogP contribution in [-0.2, 0) is 0 Å². The average molecular weight is 378 g/mol. The van der Waals surface area contributed by atoms with E-state index in [0.717, 1.165) is 24.1 Å². The Bertz CT molecular complexity index is 934. The highest BCUT2D eigenvalue weighted by molar-refractivity contribution is 5.89. The molecule has 0 spiro atoms. The number of likely N-dealkylation sites (tertiary alicyclic amines) is 1. The van der Waals surface area contributed by atoms with Crippen LogP contribution in [0.4, 0.5) is 10.5 Å². The highest BCUT2D eigenvalue weighted by Gasteiger charge is 2.27. The van der Waals surface area contributed by atoms with Crippen molar-refractivity contribution in [3.05, 3.63) is 60.5 Å². The molecule has 1 aliphatic heterocycles. The van der Waals surface area contributed by atoms with E-state index in [9.17, 15) is 4.79 Å². The molecule has 7 nitrogen and oxygen atoms in total. The third-order valence-corrected chi connectivity index (χ3v) is 4.93. The Morgan fingerprint density at radius 3 is 2.68 bits per heavy atom. The van der Waals surface area contributed by atoms with Crippen LogP contribution < -0.4 is 10.1 Å². The van der Waals surface area contributed by atoms with Gasteiger partial charge in [0.15, 0.2) is 0 Å². The fourth-order valence-electron chi connectivity index (χ4n) is 3.34. The second-order valence-electron chi connectivity index (χ2n) is 6.75. The van der Waals surface area contributed by atoms with Gasteiger partial charge >= 0.3 is 6.03 Å². The van der Waals surface area contributed by atoms with Crippen molar-refractivity contribution in [1.29, 1.82) is 0 Å². The van der Waals surface area contributed by atoms with Gasteiger partial charge in [0.2, 0.25) is 11.7 Å². The average Bonchev–Trinajstić information content (AvgIpc) is 3.25. The molecule has 0 aliphatic carbocycles. The minimum absolute atomic E-state index is 0.109. The quantitative estimate of drug-likeness (QED) is 0.737. The van der Waals surface area contributed by atoms with Crippen molar-refractivity contribution in [2.75, 3.05) is 25.5 Å². The Morgan fingerprint density at radius 2 is 1.93 bits per heavy atom. The molecule has 0 radical (unpaired) electrons. The van der Waals surface area contributed by atoms with Gasteiger partial charge in [0.05, 0.1) is 7.11 Å². The van der Waals surface area contributed by atoms with Gasteiger partial charge in [-0.2, -0.15) is 4.98 Å². The van der Waals surface area contributed by atoms with Crippen LogP contribution >= 0.6 is 0 Å². The minimum Gasteiger partial charge on any atom is -0.497 e. The van der Waals surface area contributed by atoms with Crippen molar-refractivity contribution in [3.8, 4) is 17.1 Å². The highest BCUT2D eigenvalue weighted by Crippen LogP contribution is 2.29. The number of nitrogens with zero attached hydrogens (tertiary/aromatic N) is 3. The molecule has 2 aromatic carbocycles. The maximum absolute atomic E-state index is 12.5. The van der Waals surface area contributed by atoms with Crippen molar-refractivity contribution < 1.29 is 14.1 Å². The number of hydrogen-bond acceptors (Lipinski definition) is 5. The van der Waals surface area contributed by atoms with Crippen LogP contribution in [0.1, 0.15) is 24.7 Å². The Morgan fingerprint density at radius 1 is 1.14 bits per heavy atom. The van der Waals surface area contributed by atoms with Gasteiger partial charge in [0.1, 0.15) is 5.75 Å². The van der Waals surface area contributed by atoms with Crippen molar-refractivity contribution in [3.63, 3.8) is 0 Å². The molecule has 0 saturated carbocycles. The topological polar surface area (TPSA) is 80.5 Å². The number of amides is 2. The summed E-state index contributed by atoms with van der Waals surface area (Å²) in [4.78, 5) is 18.9. The van der Waals surface area contributed by atoms with Gasteiger partial charge in [-0.25, -0.2) is 4.79 Å². The molecule has 7 heteroatoms. The molecule has 0 bridgehead atoms. The molecule has 0 atom stereocenters. The lowest BCUT2D eigenvalue weighted by atomic mass is 9.97. The Labute approximate surface area is 163 Å². The Balaban J connectivity index is 1.34. The van der Waals surface area contributed by atoms with Gasteiger partial charge in [0.25, 0.3) is 0 Å². The normalized spacial score (nSPS) is 14.7. The first-order chi connectivity index (χ1) is 13.7. The van der Waals surface area contributed by atoms with Crippen LogP contribution in [0, 0.1) is 0 Å². The van der Waals surface area contributed by atoms with Crippen LogP contribution in [0.2, 0.25) is 0 Å². The largest absolute Gasteiger partial charge is 0.497 e. The number of aromatic nitrogens is 2. The van der Waals surface area contributed by atoms with Gasteiger partial charge in [0, 0.05) is 36.3 Å². The third kappa shape index (κ3) is 3.98. The van der Waals surface area contributed by atoms with Crippen molar-refractivity contribution in [2.24, 2.45) is 0 Å². The molecule has 2 heterocycles. The molecule has 3 aromatic rings. The number of ether oxygens (including phenoxy) is 1. The number of carbonyl (C=O) groups excluding carboxylic acids is 1. The van der Waals surface area contributed by atoms with Crippen LogP contribution in [0.25, 0.3) is 11.4 Å². The monoisotopic (exact) mass is 378 g/mol. The van der Waals surface area contributed by atoms with Crippen LogP contribution in [0.3, 0.4) is 0 Å². The molecule has 0 unspecified atom stereocenters. The first-order valence-corrected chi connectivity index (χ1v) is 9.32.